The topological polar surface area (TPSA) is 86.9 Å². The lowest BCUT2D eigenvalue weighted by molar-refractivity contribution is 0.518. The summed E-state index contributed by atoms with van der Waals surface area (Å²) < 4.78 is 3.12. The van der Waals surface area contributed by atoms with Crippen molar-refractivity contribution in [2.75, 3.05) is 0 Å². The van der Waals surface area contributed by atoms with E-state index in [0.29, 0.717) is 16.7 Å². The van der Waals surface area contributed by atoms with Gasteiger partial charge in [0.2, 0.25) is 0 Å². The van der Waals surface area contributed by atoms with Crippen molar-refractivity contribution in [3.05, 3.63) is 51.9 Å². The van der Waals surface area contributed by atoms with Crippen molar-refractivity contribution in [3.8, 4) is 6.07 Å². The molecule has 0 aliphatic heterocycles. The summed E-state index contributed by atoms with van der Waals surface area (Å²) in [5.74, 6) is 0. The van der Waals surface area contributed by atoms with Crippen LogP contribution in [0.3, 0.4) is 0 Å². The number of pyridine rings is 2. The Labute approximate surface area is 126 Å². The van der Waals surface area contributed by atoms with Gasteiger partial charge in [-0.3, -0.25) is 14.6 Å². The van der Waals surface area contributed by atoms with Gasteiger partial charge in [0.25, 0.3) is 5.56 Å². The fourth-order valence-corrected chi connectivity index (χ4v) is 2.55. The molecule has 0 aliphatic rings. The molecule has 6 nitrogen and oxygen atoms in total. The van der Waals surface area contributed by atoms with Crippen molar-refractivity contribution in [2.45, 2.75) is 26.3 Å². The monoisotopic (exact) mass is 293 g/mol. The van der Waals surface area contributed by atoms with Gasteiger partial charge in [-0.05, 0) is 31.5 Å². The lowest BCUT2D eigenvalue weighted by atomic mass is 10.2. The van der Waals surface area contributed by atoms with Crippen LogP contribution in [0.25, 0.3) is 16.7 Å². The summed E-state index contributed by atoms with van der Waals surface area (Å²) >= 11 is 0. The Bertz CT molecular complexity index is 1040. The van der Waals surface area contributed by atoms with Crippen molar-refractivity contribution in [1.82, 2.24) is 14.0 Å². The molecule has 22 heavy (non-hydrogen) atoms. The van der Waals surface area contributed by atoms with E-state index in [1.54, 1.807) is 22.9 Å². The number of nitrogens with one attached hydrogen (secondary N) is 1. The Morgan fingerprint density at radius 2 is 2.23 bits per heavy atom. The van der Waals surface area contributed by atoms with Crippen molar-refractivity contribution in [3.63, 3.8) is 0 Å². The van der Waals surface area contributed by atoms with Crippen LogP contribution in [-0.2, 0) is 0 Å². The summed E-state index contributed by atoms with van der Waals surface area (Å²) in [4.78, 5) is 17.2. The Hall–Kier alpha value is -2.94. The highest BCUT2D eigenvalue weighted by Gasteiger charge is 2.15. The van der Waals surface area contributed by atoms with Gasteiger partial charge < -0.3 is 4.57 Å². The Kier molecular flexibility index (Phi) is 3.26. The second kappa shape index (κ2) is 5.11. The van der Waals surface area contributed by atoms with E-state index in [-0.39, 0.29) is 22.7 Å². The maximum absolute atomic E-state index is 12.7. The van der Waals surface area contributed by atoms with Gasteiger partial charge in [0.05, 0.1) is 10.9 Å². The first-order valence-corrected chi connectivity index (χ1v) is 7.09. The smallest absolute Gasteiger partial charge is 0.267 e. The normalized spacial score (nSPS) is 12.4. The third kappa shape index (κ3) is 1.91. The molecule has 0 radical (unpaired) electrons. The molecule has 3 heterocycles. The van der Waals surface area contributed by atoms with Gasteiger partial charge in [-0.2, -0.15) is 5.26 Å². The van der Waals surface area contributed by atoms with E-state index in [1.807, 2.05) is 26.0 Å². The highest BCUT2D eigenvalue weighted by atomic mass is 16.1. The van der Waals surface area contributed by atoms with Crippen LogP contribution in [0.5, 0.6) is 0 Å². The molecule has 1 atom stereocenters. The summed E-state index contributed by atoms with van der Waals surface area (Å²) in [6.45, 7) is 3.95. The first-order chi connectivity index (χ1) is 10.6. The summed E-state index contributed by atoms with van der Waals surface area (Å²) in [6, 6.07) is 8.76. The molecule has 0 spiro atoms. The summed E-state index contributed by atoms with van der Waals surface area (Å²) in [5, 5.41) is 17.8. The molecule has 0 aliphatic carbocycles. The zero-order valence-electron chi connectivity index (χ0n) is 12.4. The van der Waals surface area contributed by atoms with Crippen LogP contribution in [0.1, 0.15) is 31.9 Å². The number of aromatic nitrogens is 3. The number of hydrogen-bond donors (Lipinski definition) is 1. The average Bonchev–Trinajstić information content (AvgIpc) is 2.54. The van der Waals surface area contributed by atoms with E-state index in [9.17, 15) is 10.1 Å². The molecule has 6 heteroatoms. The molecule has 0 saturated carbocycles. The quantitative estimate of drug-likeness (QED) is 0.733. The summed E-state index contributed by atoms with van der Waals surface area (Å²) in [7, 11) is 0. The molecule has 110 valence electrons. The lowest BCUT2D eigenvalue weighted by Gasteiger charge is -2.17. The van der Waals surface area contributed by atoms with Crippen LogP contribution in [0.2, 0.25) is 0 Å². The molecule has 0 unspecified atom stereocenters. The highest BCUT2D eigenvalue weighted by molar-refractivity contribution is 5.77. The fraction of sp³-hybridized carbons (Fsp3) is 0.250. The first-order valence-electron chi connectivity index (χ1n) is 7.09. The van der Waals surface area contributed by atoms with E-state index in [2.05, 4.69) is 4.98 Å². The highest BCUT2D eigenvalue weighted by Crippen LogP contribution is 2.16. The van der Waals surface area contributed by atoms with Crippen LogP contribution in [-0.4, -0.2) is 14.0 Å². The number of fused-ring (bicyclic) bond motifs is 2. The second-order valence-electron chi connectivity index (χ2n) is 5.23. The van der Waals surface area contributed by atoms with Crippen molar-refractivity contribution < 1.29 is 0 Å². The minimum atomic E-state index is -0.228. The van der Waals surface area contributed by atoms with E-state index in [1.165, 1.54) is 10.5 Å². The fourth-order valence-electron chi connectivity index (χ4n) is 2.55. The predicted octanol–water partition coefficient (Wildman–Crippen LogP) is 1.97. The third-order valence-corrected chi connectivity index (χ3v) is 3.91. The van der Waals surface area contributed by atoms with Crippen LogP contribution in [0.15, 0.2) is 35.3 Å². The van der Waals surface area contributed by atoms with Gasteiger partial charge in [0.15, 0.2) is 0 Å². The van der Waals surface area contributed by atoms with Crippen molar-refractivity contribution in [1.29, 1.82) is 10.7 Å². The molecule has 3 aromatic heterocycles. The maximum atomic E-state index is 12.7. The standard InChI is InChI=1S/C16H15N5O/c1-3-10(2)21-14(18)11(9-17)8-12-15(21)19-13-6-4-5-7-20(13)16(12)22/h4-8,10,18H,3H2,1-2H3/t10-/m0/s1. The van der Waals surface area contributed by atoms with Crippen LogP contribution >= 0.6 is 0 Å². The molecule has 0 saturated heterocycles. The zero-order valence-corrected chi connectivity index (χ0v) is 12.4. The number of hydrogen-bond acceptors (Lipinski definition) is 4. The molecule has 0 fully saturated rings. The number of nitriles is 1. The van der Waals surface area contributed by atoms with Gasteiger partial charge in [0.1, 0.15) is 22.9 Å². The van der Waals surface area contributed by atoms with Crippen LogP contribution in [0, 0.1) is 16.7 Å². The first kappa shape index (κ1) is 14.0. The van der Waals surface area contributed by atoms with Crippen molar-refractivity contribution >= 4 is 16.7 Å². The molecule has 0 bridgehead atoms. The number of nitrogens with zero attached hydrogens (tertiary/aromatic N) is 4. The lowest BCUT2D eigenvalue weighted by Crippen LogP contribution is -2.29. The molecule has 0 aromatic carbocycles. The van der Waals surface area contributed by atoms with E-state index in [0.717, 1.165) is 6.42 Å². The molecular formula is C16H15N5O. The molecular weight excluding hydrogens is 278 g/mol. The van der Waals surface area contributed by atoms with Crippen molar-refractivity contribution in [2.24, 2.45) is 0 Å². The van der Waals surface area contributed by atoms with Gasteiger partial charge >= 0.3 is 0 Å². The van der Waals surface area contributed by atoms with Gasteiger partial charge in [-0.1, -0.05) is 13.0 Å². The molecule has 1 N–H and O–H groups in total. The Morgan fingerprint density at radius 1 is 1.45 bits per heavy atom. The minimum absolute atomic E-state index is 0.0265. The minimum Gasteiger partial charge on any atom is -0.307 e. The second-order valence-corrected chi connectivity index (χ2v) is 5.23. The van der Waals surface area contributed by atoms with Gasteiger partial charge in [-0.25, -0.2) is 4.98 Å². The summed E-state index contributed by atoms with van der Waals surface area (Å²) in [5.41, 5.74) is 1.03. The average molecular weight is 293 g/mol. The van der Waals surface area contributed by atoms with E-state index in [4.69, 9.17) is 5.41 Å². The van der Waals surface area contributed by atoms with Crippen LogP contribution < -0.4 is 11.0 Å². The number of rotatable bonds is 2. The van der Waals surface area contributed by atoms with E-state index >= 15 is 0 Å². The van der Waals surface area contributed by atoms with Crippen LogP contribution in [0.4, 0.5) is 0 Å². The SMILES string of the molecule is CC[C@H](C)n1c(=N)c(C#N)cc2c(=O)n3ccccc3nc21. The zero-order chi connectivity index (χ0) is 15.9. The third-order valence-electron chi connectivity index (χ3n) is 3.91. The summed E-state index contributed by atoms with van der Waals surface area (Å²) in [6.07, 6.45) is 2.43. The predicted molar refractivity (Wildman–Crippen MR) is 82.5 cm³/mol. The Morgan fingerprint density at radius 3 is 2.91 bits per heavy atom. The molecule has 3 rings (SSSR count). The maximum Gasteiger partial charge on any atom is 0.267 e. The molecule has 0 amide bonds. The van der Waals surface area contributed by atoms with Gasteiger partial charge in [0, 0.05) is 12.2 Å². The Balaban J connectivity index is 2.62. The largest absolute Gasteiger partial charge is 0.307 e. The van der Waals surface area contributed by atoms with E-state index < -0.39 is 0 Å². The van der Waals surface area contributed by atoms with Gasteiger partial charge in [-0.15, -0.1) is 0 Å². The molecule has 3 aromatic rings.